The Morgan fingerprint density at radius 1 is 1.55 bits per heavy atom. The average Bonchev–Trinajstić information content (AvgIpc) is 2.30. The molecule has 2 atom stereocenters. The van der Waals surface area contributed by atoms with E-state index < -0.39 is 24.2 Å². The van der Waals surface area contributed by atoms with Gasteiger partial charge in [-0.3, -0.25) is 5.32 Å². The molecule has 0 aliphatic rings. The zero-order valence-electron chi connectivity index (χ0n) is 11.2. The molecule has 0 saturated heterocycles. The molecule has 9 heteroatoms. The van der Waals surface area contributed by atoms with Gasteiger partial charge < -0.3 is 10.5 Å². The number of hydrogen-bond donors (Lipinski definition) is 2. The van der Waals surface area contributed by atoms with E-state index in [1.54, 1.807) is 6.92 Å². The summed E-state index contributed by atoms with van der Waals surface area (Å²) in [4.78, 5) is 18.7. The highest BCUT2D eigenvalue weighted by Gasteiger charge is 2.35. The van der Waals surface area contributed by atoms with Gasteiger partial charge in [-0.2, -0.15) is 8.78 Å². The normalized spacial score (nSPS) is 14.7. The van der Waals surface area contributed by atoms with Crippen molar-refractivity contribution in [2.24, 2.45) is 0 Å². The molecular formula is C11H15ClF2N4O2. The lowest BCUT2D eigenvalue weighted by Crippen LogP contribution is -2.38. The highest BCUT2D eigenvalue weighted by molar-refractivity contribution is 6.28. The van der Waals surface area contributed by atoms with Gasteiger partial charge in [-0.1, -0.05) is 0 Å². The molecule has 0 bridgehead atoms. The maximum absolute atomic E-state index is 12.7. The van der Waals surface area contributed by atoms with Crippen molar-refractivity contribution >= 4 is 23.3 Å². The fraction of sp³-hybridized carbons (Fsp3) is 0.545. The monoisotopic (exact) mass is 308 g/mol. The predicted octanol–water partition coefficient (Wildman–Crippen LogP) is 1.91. The summed E-state index contributed by atoms with van der Waals surface area (Å²) in [5.41, 5.74) is 6.36. The number of aromatic nitrogens is 2. The van der Waals surface area contributed by atoms with Crippen LogP contribution in [0.1, 0.15) is 32.5 Å². The molecule has 2 unspecified atom stereocenters. The summed E-state index contributed by atoms with van der Waals surface area (Å²) in [5.74, 6) is -5.16. The Labute approximate surface area is 119 Å². The molecule has 112 valence electrons. The van der Waals surface area contributed by atoms with Gasteiger partial charge in [0.15, 0.2) is 6.23 Å². The molecular weight excluding hydrogens is 294 g/mol. The van der Waals surface area contributed by atoms with Gasteiger partial charge in [0.2, 0.25) is 5.28 Å². The Morgan fingerprint density at radius 2 is 2.15 bits per heavy atom. The van der Waals surface area contributed by atoms with Crippen LogP contribution in [-0.4, -0.2) is 28.1 Å². The highest BCUT2D eigenvalue weighted by Crippen LogP contribution is 2.20. The largest absolute Gasteiger partial charge is 0.442 e. The number of alkyl halides is 2. The van der Waals surface area contributed by atoms with Crippen LogP contribution in [0.25, 0.3) is 0 Å². The molecule has 0 aliphatic heterocycles. The van der Waals surface area contributed by atoms with Crippen LogP contribution in [0.3, 0.4) is 0 Å². The van der Waals surface area contributed by atoms with Crippen LogP contribution < -0.4 is 11.1 Å². The van der Waals surface area contributed by atoms with Crippen LogP contribution in [0.5, 0.6) is 0 Å². The van der Waals surface area contributed by atoms with E-state index >= 15 is 0 Å². The Kier molecular flexibility index (Phi) is 5.18. The van der Waals surface area contributed by atoms with E-state index in [-0.39, 0.29) is 11.0 Å². The molecule has 1 aromatic rings. The molecule has 0 radical (unpaired) electrons. The topological polar surface area (TPSA) is 90.1 Å². The molecule has 6 nitrogen and oxygen atoms in total. The third kappa shape index (κ3) is 4.53. The number of nitrogen functional groups attached to an aromatic ring is 1. The van der Waals surface area contributed by atoms with Crippen LogP contribution in [-0.2, 0) is 9.53 Å². The number of anilines is 1. The first-order chi connectivity index (χ1) is 9.11. The third-order valence-corrected chi connectivity index (χ3v) is 2.54. The minimum atomic E-state index is -3.55. The summed E-state index contributed by atoms with van der Waals surface area (Å²) in [6.45, 7) is 3.55. The number of nitrogens with one attached hydrogen (secondary N) is 1. The number of carbonyl (C=O) groups is 1. The molecule has 1 aromatic heterocycles. The second-order valence-electron chi connectivity index (χ2n) is 4.30. The molecule has 3 N–H and O–H groups in total. The molecule has 0 saturated carbocycles. The number of halogens is 3. The third-order valence-electron chi connectivity index (χ3n) is 2.36. The zero-order chi connectivity index (χ0) is 15.5. The second kappa shape index (κ2) is 6.27. The quantitative estimate of drug-likeness (QED) is 0.490. The number of nitrogens with two attached hydrogens (primary N) is 1. The van der Waals surface area contributed by atoms with Gasteiger partial charge in [0.25, 0.3) is 0 Å². The van der Waals surface area contributed by atoms with E-state index in [1.807, 2.05) is 0 Å². The number of nitrogens with zero attached hydrogens (tertiary/aromatic N) is 2. The maximum atomic E-state index is 12.7. The summed E-state index contributed by atoms with van der Waals surface area (Å²) < 4.78 is 29.9. The molecule has 0 spiro atoms. The van der Waals surface area contributed by atoms with Crippen molar-refractivity contribution in [3.63, 3.8) is 0 Å². The predicted molar refractivity (Wildman–Crippen MR) is 69.2 cm³/mol. The summed E-state index contributed by atoms with van der Waals surface area (Å²) in [7, 11) is 0. The van der Waals surface area contributed by atoms with Crippen LogP contribution in [0.4, 0.5) is 14.5 Å². The minimum Gasteiger partial charge on any atom is -0.442 e. The van der Waals surface area contributed by atoms with Gasteiger partial charge in [0.05, 0.1) is 23.6 Å². The molecule has 1 heterocycles. The van der Waals surface area contributed by atoms with Crippen molar-refractivity contribution in [2.45, 2.75) is 39.0 Å². The second-order valence-corrected chi connectivity index (χ2v) is 4.64. The lowest BCUT2D eigenvalue weighted by atomic mass is 10.2. The number of ether oxygens (including phenoxy) is 1. The van der Waals surface area contributed by atoms with E-state index in [0.29, 0.717) is 12.6 Å². The first kappa shape index (κ1) is 16.5. The van der Waals surface area contributed by atoms with Crippen molar-refractivity contribution in [2.75, 3.05) is 5.73 Å². The molecule has 20 heavy (non-hydrogen) atoms. The Bertz CT molecular complexity index is 496. The number of carbonyl (C=O) groups excluding carboxylic acids is 1. The SMILES string of the molecule is CC(NC(C)c1nc(Cl)ncc1N)OC(=O)C(C)(F)F. The van der Waals surface area contributed by atoms with Crippen LogP contribution in [0, 0.1) is 0 Å². The molecule has 0 amide bonds. The Hall–Kier alpha value is -1.54. The fourth-order valence-corrected chi connectivity index (χ4v) is 1.60. The molecule has 1 rings (SSSR count). The maximum Gasteiger partial charge on any atom is 0.378 e. The minimum absolute atomic E-state index is 0.00703. The van der Waals surface area contributed by atoms with Gasteiger partial charge in [0, 0.05) is 6.92 Å². The highest BCUT2D eigenvalue weighted by atomic mass is 35.5. The van der Waals surface area contributed by atoms with E-state index in [4.69, 9.17) is 17.3 Å². The van der Waals surface area contributed by atoms with E-state index in [9.17, 15) is 13.6 Å². The van der Waals surface area contributed by atoms with E-state index in [1.165, 1.54) is 13.1 Å². The molecule has 0 aromatic carbocycles. The van der Waals surface area contributed by atoms with E-state index in [2.05, 4.69) is 20.0 Å². The van der Waals surface area contributed by atoms with Crippen molar-refractivity contribution < 1.29 is 18.3 Å². The number of esters is 1. The first-order valence-electron chi connectivity index (χ1n) is 5.74. The van der Waals surface area contributed by atoms with Crippen molar-refractivity contribution in [3.8, 4) is 0 Å². The molecule has 0 fully saturated rings. The lowest BCUT2D eigenvalue weighted by Gasteiger charge is -2.22. The Morgan fingerprint density at radius 3 is 2.70 bits per heavy atom. The number of hydrogen-bond acceptors (Lipinski definition) is 6. The summed E-state index contributed by atoms with van der Waals surface area (Å²) in [6, 6.07) is -0.469. The van der Waals surface area contributed by atoms with Gasteiger partial charge in [-0.05, 0) is 25.4 Å². The van der Waals surface area contributed by atoms with Gasteiger partial charge >= 0.3 is 11.9 Å². The van der Waals surface area contributed by atoms with Crippen molar-refractivity contribution in [1.82, 2.24) is 15.3 Å². The number of rotatable bonds is 5. The molecule has 0 aliphatic carbocycles. The first-order valence-corrected chi connectivity index (χ1v) is 6.12. The lowest BCUT2D eigenvalue weighted by molar-refractivity contribution is -0.176. The summed E-state index contributed by atoms with van der Waals surface area (Å²) in [5, 5.41) is 2.77. The van der Waals surface area contributed by atoms with Crippen LogP contribution in [0.2, 0.25) is 5.28 Å². The van der Waals surface area contributed by atoms with Gasteiger partial charge in [0.1, 0.15) is 0 Å². The van der Waals surface area contributed by atoms with Crippen LogP contribution >= 0.6 is 11.6 Å². The smallest absolute Gasteiger partial charge is 0.378 e. The van der Waals surface area contributed by atoms with Gasteiger partial charge in [-0.15, -0.1) is 0 Å². The van der Waals surface area contributed by atoms with E-state index in [0.717, 1.165) is 0 Å². The fourth-order valence-electron chi connectivity index (χ4n) is 1.46. The zero-order valence-corrected chi connectivity index (χ0v) is 11.9. The Balaban J connectivity index is 2.68. The van der Waals surface area contributed by atoms with Gasteiger partial charge in [-0.25, -0.2) is 14.8 Å². The van der Waals surface area contributed by atoms with Crippen molar-refractivity contribution in [3.05, 3.63) is 17.2 Å². The van der Waals surface area contributed by atoms with Crippen LogP contribution in [0.15, 0.2) is 6.20 Å². The van der Waals surface area contributed by atoms with Crippen molar-refractivity contribution in [1.29, 1.82) is 0 Å². The summed E-state index contributed by atoms with van der Waals surface area (Å²) >= 11 is 5.65. The standard InChI is InChI=1S/C11H15ClF2N4O2/c1-5(8-7(15)4-16-10(12)18-8)17-6(2)20-9(19)11(3,13)14/h4-6,17H,15H2,1-3H3. The average molecular weight is 309 g/mol. The summed E-state index contributed by atoms with van der Waals surface area (Å²) in [6.07, 6.45) is 0.385.